The maximum absolute atomic E-state index is 12.6. The third kappa shape index (κ3) is 2.78. The van der Waals surface area contributed by atoms with Crippen molar-refractivity contribution in [1.29, 1.82) is 0 Å². The number of fused-ring (bicyclic) bond motifs is 2. The number of aryl methyl sites for hydroxylation is 1. The second kappa shape index (κ2) is 6.55. The highest BCUT2D eigenvalue weighted by atomic mass is 16.3. The zero-order chi connectivity index (χ0) is 19.3. The molecule has 1 atom stereocenters. The summed E-state index contributed by atoms with van der Waals surface area (Å²) in [5.74, 6) is 1.87. The van der Waals surface area contributed by atoms with E-state index < -0.39 is 0 Å². The number of nitrogens with zero attached hydrogens (tertiary/aromatic N) is 5. The van der Waals surface area contributed by atoms with Gasteiger partial charge in [-0.2, -0.15) is 5.10 Å². The number of anilines is 1. The van der Waals surface area contributed by atoms with Gasteiger partial charge in [-0.1, -0.05) is 0 Å². The molecule has 1 aliphatic carbocycles. The predicted molar refractivity (Wildman–Crippen MR) is 103 cm³/mol. The number of amides is 1. The van der Waals surface area contributed by atoms with E-state index in [0.717, 1.165) is 63.4 Å². The Bertz CT molecular complexity index is 888. The van der Waals surface area contributed by atoms with Crippen molar-refractivity contribution in [2.45, 2.75) is 50.5 Å². The minimum absolute atomic E-state index is 0.0449. The van der Waals surface area contributed by atoms with Crippen LogP contribution in [0.2, 0.25) is 0 Å². The summed E-state index contributed by atoms with van der Waals surface area (Å²) in [6, 6.07) is 0. The molecule has 4 heterocycles. The summed E-state index contributed by atoms with van der Waals surface area (Å²) in [5.41, 5.74) is 3.11. The molecule has 0 radical (unpaired) electrons. The fraction of sp³-hybridized carbons (Fsp3) is 0.600. The van der Waals surface area contributed by atoms with Gasteiger partial charge in [0.05, 0.1) is 23.6 Å². The van der Waals surface area contributed by atoms with Crippen LogP contribution in [0.25, 0.3) is 0 Å². The van der Waals surface area contributed by atoms with Crippen LogP contribution in [0.1, 0.15) is 53.1 Å². The van der Waals surface area contributed by atoms with Gasteiger partial charge in [0.1, 0.15) is 11.6 Å². The molecule has 8 nitrogen and oxygen atoms in total. The van der Waals surface area contributed by atoms with Gasteiger partial charge < -0.3 is 14.9 Å². The van der Waals surface area contributed by atoms with E-state index in [1.807, 2.05) is 11.8 Å². The van der Waals surface area contributed by atoms with E-state index >= 15 is 0 Å². The number of carbonyl (C=O) groups is 1. The molecule has 0 aromatic carbocycles. The number of aliphatic hydroxyl groups is 1. The molecule has 8 heteroatoms. The molecule has 2 aromatic heterocycles. The highest BCUT2D eigenvalue weighted by Crippen LogP contribution is 2.47. The van der Waals surface area contributed by atoms with E-state index in [1.54, 1.807) is 12.4 Å². The number of rotatable bonds is 2. The lowest BCUT2D eigenvalue weighted by Gasteiger charge is -2.39. The van der Waals surface area contributed by atoms with Crippen LogP contribution in [0.4, 0.5) is 5.82 Å². The third-order valence-electron chi connectivity index (χ3n) is 6.67. The summed E-state index contributed by atoms with van der Waals surface area (Å²) in [4.78, 5) is 26.4. The Morgan fingerprint density at radius 3 is 2.75 bits per heavy atom. The first-order valence-electron chi connectivity index (χ1n) is 10.1. The summed E-state index contributed by atoms with van der Waals surface area (Å²) >= 11 is 0. The molecule has 2 aliphatic heterocycles. The summed E-state index contributed by atoms with van der Waals surface area (Å²) in [7, 11) is 0. The van der Waals surface area contributed by atoms with Crippen molar-refractivity contribution in [3.8, 4) is 0 Å². The number of aromatic amines is 1. The standard InChI is InChI=1S/C20H26N6O2/c1-13-23-17-16(18(24-13)26-7-3-15(27)12-26)2-4-20(17)5-8-25(9-6-20)19(28)14-10-21-22-11-14/h10-11,15,27H,2-9,12H2,1H3,(H,21,22). The van der Waals surface area contributed by atoms with Crippen LogP contribution >= 0.6 is 0 Å². The van der Waals surface area contributed by atoms with Crippen molar-refractivity contribution >= 4 is 11.7 Å². The molecule has 0 bridgehead atoms. The number of H-pyrrole nitrogens is 1. The molecule has 2 aromatic rings. The van der Waals surface area contributed by atoms with Gasteiger partial charge in [0, 0.05) is 43.4 Å². The number of nitrogens with one attached hydrogen (secondary N) is 1. The number of aliphatic hydroxyl groups excluding tert-OH is 1. The van der Waals surface area contributed by atoms with Gasteiger partial charge >= 0.3 is 0 Å². The molecule has 148 valence electrons. The number of hydrogen-bond donors (Lipinski definition) is 2. The van der Waals surface area contributed by atoms with Gasteiger partial charge in [0.25, 0.3) is 5.91 Å². The number of β-amino-alcohol motifs (C(OH)–C–C–N with tert-alkyl or cyclic N) is 1. The van der Waals surface area contributed by atoms with E-state index in [1.165, 1.54) is 11.3 Å². The first-order valence-corrected chi connectivity index (χ1v) is 10.1. The van der Waals surface area contributed by atoms with Gasteiger partial charge in [-0.25, -0.2) is 9.97 Å². The molecule has 1 spiro atoms. The van der Waals surface area contributed by atoms with Crippen LogP contribution in [-0.4, -0.2) is 68.4 Å². The van der Waals surface area contributed by atoms with Crippen LogP contribution in [0.5, 0.6) is 0 Å². The summed E-state index contributed by atoms with van der Waals surface area (Å²) in [6.45, 7) is 4.95. The maximum Gasteiger partial charge on any atom is 0.257 e. The Labute approximate surface area is 164 Å². The van der Waals surface area contributed by atoms with Gasteiger partial charge in [-0.3, -0.25) is 9.89 Å². The molecule has 1 amide bonds. The number of likely N-dealkylation sites (tertiary alicyclic amines) is 1. The molecule has 2 saturated heterocycles. The lowest BCUT2D eigenvalue weighted by atomic mass is 9.76. The monoisotopic (exact) mass is 382 g/mol. The first kappa shape index (κ1) is 17.6. The summed E-state index contributed by atoms with van der Waals surface area (Å²) in [6.07, 6.45) is 7.69. The quantitative estimate of drug-likeness (QED) is 0.810. The predicted octanol–water partition coefficient (Wildman–Crippen LogP) is 1.20. The van der Waals surface area contributed by atoms with Gasteiger partial charge in [-0.05, 0) is 39.0 Å². The maximum atomic E-state index is 12.6. The average molecular weight is 382 g/mol. The van der Waals surface area contributed by atoms with Crippen molar-refractivity contribution in [3.05, 3.63) is 35.0 Å². The Kier molecular flexibility index (Phi) is 4.12. The topological polar surface area (TPSA) is 98.2 Å². The Morgan fingerprint density at radius 1 is 1.25 bits per heavy atom. The molecule has 1 unspecified atom stereocenters. The van der Waals surface area contributed by atoms with Gasteiger partial charge in [-0.15, -0.1) is 0 Å². The van der Waals surface area contributed by atoms with Crippen molar-refractivity contribution in [2.75, 3.05) is 31.1 Å². The second-order valence-corrected chi connectivity index (χ2v) is 8.37. The highest BCUT2D eigenvalue weighted by Gasteiger charge is 2.45. The van der Waals surface area contributed by atoms with Gasteiger partial charge in [0.15, 0.2) is 0 Å². The average Bonchev–Trinajstić information content (AvgIpc) is 3.43. The molecular formula is C20H26N6O2. The number of piperidine rings is 1. The van der Waals surface area contributed by atoms with Crippen LogP contribution in [0.15, 0.2) is 12.4 Å². The second-order valence-electron chi connectivity index (χ2n) is 8.37. The van der Waals surface area contributed by atoms with Gasteiger partial charge in [0.2, 0.25) is 0 Å². The molecule has 3 aliphatic rings. The number of carbonyl (C=O) groups excluding carboxylic acids is 1. The molecule has 0 saturated carbocycles. The van der Waals surface area contributed by atoms with E-state index in [4.69, 9.17) is 9.97 Å². The summed E-state index contributed by atoms with van der Waals surface area (Å²) < 4.78 is 0. The minimum Gasteiger partial charge on any atom is -0.391 e. The molecule has 28 heavy (non-hydrogen) atoms. The van der Waals surface area contributed by atoms with Crippen molar-refractivity contribution in [2.24, 2.45) is 0 Å². The Morgan fingerprint density at radius 2 is 2.07 bits per heavy atom. The number of hydrogen-bond acceptors (Lipinski definition) is 6. The fourth-order valence-corrected chi connectivity index (χ4v) is 5.10. The Balaban J connectivity index is 1.40. The van der Waals surface area contributed by atoms with E-state index in [2.05, 4.69) is 15.1 Å². The van der Waals surface area contributed by atoms with Crippen molar-refractivity contribution < 1.29 is 9.90 Å². The van der Waals surface area contributed by atoms with E-state index in [9.17, 15) is 9.90 Å². The fourth-order valence-electron chi connectivity index (χ4n) is 5.10. The smallest absolute Gasteiger partial charge is 0.257 e. The largest absolute Gasteiger partial charge is 0.391 e. The Hall–Kier alpha value is -2.48. The summed E-state index contributed by atoms with van der Waals surface area (Å²) in [5, 5.41) is 16.6. The number of aromatic nitrogens is 4. The van der Waals surface area contributed by atoms with E-state index in [0.29, 0.717) is 12.1 Å². The lowest BCUT2D eigenvalue weighted by molar-refractivity contribution is 0.0663. The van der Waals surface area contributed by atoms with E-state index in [-0.39, 0.29) is 17.4 Å². The minimum atomic E-state index is -0.265. The SMILES string of the molecule is Cc1nc(N2CCC(O)C2)c2c(n1)C1(CC2)CCN(C(=O)c2cn[nH]c2)CC1. The lowest BCUT2D eigenvalue weighted by Crippen LogP contribution is -2.44. The third-order valence-corrected chi connectivity index (χ3v) is 6.67. The van der Waals surface area contributed by atoms with Crippen LogP contribution in [0, 0.1) is 6.92 Å². The first-order chi connectivity index (χ1) is 13.6. The van der Waals surface area contributed by atoms with Crippen LogP contribution in [0.3, 0.4) is 0 Å². The molecule has 2 fully saturated rings. The van der Waals surface area contributed by atoms with Crippen LogP contribution < -0.4 is 4.90 Å². The zero-order valence-electron chi connectivity index (χ0n) is 16.2. The normalized spacial score (nSPS) is 23.4. The molecule has 5 rings (SSSR count). The highest BCUT2D eigenvalue weighted by molar-refractivity contribution is 5.93. The van der Waals surface area contributed by atoms with Crippen molar-refractivity contribution in [3.63, 3.8) is 0 Å². The molecule has 2 N–H and O–H groups in total. The molecular weight excluding hydrogens is 356 g/mol. The van der Waals surface area contributed by atoms with Crippen LogP contribution in [-0.2, 0) is 11.8 Å². The zero-order valence-corrected chi connectivity index (χ0v) is 16.2. The van der Waals surface area contributed by atoms with Crippen molar-refractivity contribution in [1.82, 2.24) is 25.1 Å².